The summed E-state index contributed by atoms with van der Waals surface area (Å²) in [5, 5.41) is 17.6. The summed E-state index contributed by atoms with van der Waals surface area (Å²) >= 11 is 0. The minimum absolute atomic E-state index is 0.0441. The lowest BCUT2D eigenvalue weighted by Crippen LogP contribution is -2.33. The van der Waals surface area contributed by atoms with Gasteiger partial charge in [0.2, 0.25) is 0 Å². The molecule has 0 atom stereocenters. The van der Waals surface area contributed by atoms with Crippen LogP contribution in [0.2, 0.25) is 0 Å². The molecule has 0 aromatic heterocycles. The Morgan fingerprint density at radius 1 is 1.44 bits per heavy atom. The average Bonchev–Trinajstić information content (AvgIpc) is 2.38. The van der Waals surface area contributed by atoms with E-state index in [4.69, 9.17) is 10.4 Å². The molecule has 1 heterocycles. The molecule has 1 saturated heterocycles. The lowest BCUT2D eigenvalue weighted by atomic mass is 9.98. The number of carboxylic acid groups (broad SMARTS) is 1. The van der Waals surface area contributed by atoms with Crippen LogP contribution in [0.15, 0.2) is 18.2 Å². The van der Waals surface area contributed by atoms with Crippen LogP contribution in [-0.2, 0) is 0 Å². The number of halogens is 1. The summed E-state index contributed by atoms with van der Waals surface area (Å²) < 4.78 is 13.8. The van der Waals surface area contributed by atoms with Crippen LogP contribution in [0.1, 0.15) is 23.2 Å². The molecule has 0 aliphatic carbocycles. The third-order valence-corrected chi connectivity index (χ3v) is 3.21. The fourth-order valence-corrected chi connectivity index (χ4v) is 2.15. The summed E-state index contributed by atoms with van der Waals surface area (Å²) in [6.45, 7) is 1.25. The fraction of sp³-hybridized carbons (Fsp3) is 0.385. The van der Waals surface area contributed by atoms with Gasteiger partial charge in [0.1, 0.15) is 5.82 Å². The van der Waals surface area contributed by atoms with E-state index in [1.54, 1.807) is 0 Å². The van der Waals surface area contributed by atoms with Gasteiger partial charge in [-0.2, -0.15) is 5.26 Å². The molecule has 1 fully saturated rings. The number of nitriles is 1. The van der Waals surface area contributed by atoms with E-state index in [1.807, 2.05) is 4.90 Å². The molecule has 1 aliphatic rings. The Morgan fingerprint density at radius 2 is 2.11 bits per heavy atom. The molecule has 1 aliphatic heterocycles. The number of carbonyl (C=O) groups is 1. The van der Waals surface area contributed by atoms with Gasteiger partial charge in [0, 0.05) is 19.0 Å². The largest absolute Gasteiger partial charge is 0.478 e. The van der Waals surface area contributed by atoms with E-state index in [9.17, 15) is 9.18 Å². The molecule has 0 bridgehead atoms. The quantitative estimate of drug-likeness (QED) is 0.871. The molecule has 4 nitrogen and oxygen atoms in total. The normalized spacial score (nSPS) is 16.3. The van der Waals surface area contributed by atoms with Crippen LogP contribution in [0.5, 0.6) is 0 Å². The standard InChI is InChI=1S/C13H13FN2O2/c14-11-7-10(13(17)18)1-2-12(11)16-5-3-9(8-15)4-6-16/h1-2,7,9H,3-6H2,(H,17,18). The first-order chi connectivity index (χ1) is 8.61. The lowest BCUT2D eigenvalue weighted by molar-refractivity contribution is 0.0696. The molecule has 0 amide bonds. The number of anilines is 1. The molecule has 0 saturated carbocycles. The number of hydrogen-bond donors (Lipinski definition) is 1. The summed E-state index contributed by atoms with van der Waals surface area (Å²) in [6.07, 6.45) is 1.44. The number of aromatic carboxylic acids is 1. The first-order valence-corrected chi connectivity index (χ1v) is 5.79. The Labute approximate surface area is 104 Å². The topological polar surface area (TPSA) is 64.3 Å². The number of benzene rings is 1. The summed E-state index contributed by atoms with van der Waals surface area (Å²) in [5.41, 5.74) is 0.361. The lowest BCUT2D eigenvalue weighted by Gasteiger charge is -2.31. The van der Waals surface area contributed by atoms with Crippen LogP contribution < -0.4 is 4.90 Å². The highest BCUT2D eigenvalue weighted by molar-refractivity contribution is 5.88. The molecule has 5 heteroatoms. The Hall–Kier alpha value is -2.09. The van der Waals surface area contributed by atoms with Crippen LogP contribution in [0.25, 0.3) is 0 Å². The van der Waals surface area contributed by atoms with Crippen molar-refractivity contribution in [2.75, 3.05) is 18.0 Å². The maximum absolute atomic E-state index is 13.8. The van der Waals surface area contributed by atoms with E-state index < -0.39 is 11.8 Å². The van der Waals surface area contributed by atoms with Gasteiger partial charge in [0.25, 0.3) is 0 Å². The van der Waals surface area contributed by atoms with Crippen molar-refractivity contribution in [2.24, 2.45) is 5.92 Å². The van der Waals surface area contributed by atoms with Crippen molar-refractivity contribution in [2.45, 2.75) is 12.8 Å². The van der Waals surface area contributed by atoms with Gasteiger partial charge in [-0.1, -0.05) is 0 Å². The molecule has 1 N–H and O–H groups in total. The second-order valence-electron chi connectivity index (χ2n) is 4.36. The van der Waals surface area contributed by atoms with Crippen molar-refractivity contribution < 1.29 is 14.3 Å². The first kappa shape index (κ1) is 12.4. The van der Waals surface area contributed by atoms with Crippen molar-refractivity contribution >= 4 is 11.7 Å². The SMILES string of the molecule is N#CC1CCN(c2ccc(C(=O)O)cc2F)CC1. The third-order valence-electron chi connectivity index (χ3n) is 3.21. The minimum atomic E-state index is -1.14. The fourth-order valence-electron chi connectivity index (χ4n) is 2.15. The van der Waals surface area contributed by atoms with Gasteiger partial charge >= 0.3 is 5.97 Å². The number of nitrogens with zero attached hydrogens (tertiary/aromatic N) is 2. The molecule has 0 spiro atoms. The Balaban J connectivity index is 2.15. The van der Waals surface area contributed by atoms with Crippen molar-refractivity contribution in [3.8, 4) is 6.07 Å². The maximum Gasteiger partial charge on any atom is 0.335 e. The van der Waals surface area contributed by atoms with E-state index in [2.05, 4.69) is 6.07 Å². The molecular formula is C13H13FN2O2. The summed E-state index contributed by atoms with van der Waals surface area (Å²) in [5.74, 6) is -1.61. The predicted octanol–water partition coefficient (Wildman–Crippen LogP) is 2.26. The zero-order chi connectivity index (χ0) is 13.1. The molecule has 2 rings (SSSR count). The van der Waals surface area contributed by atoms with Crippen LogP contribution in [0.3, 0.4) is 0 Å². The zero-order valence-electron chi connectivity index (χ0n) is 9.77. The second kappa shape index (κ2) is 5.05. The van der Waals surface area contributed by atoms with Crippen molar-refractivity contribution in [3.05, 3.63) is 29.6 Å². The van der Waals surface area contributed by atoms with E-state index in [0.717, 1.165) is 18.9 Å². The van der Waals surface area contributed by atoms with Gasteiger partial charge in [-0.05, 0) is 31.0 Å². The smallest absolute Gasteiger partial charge is 0.335 e. The zero-order valence-corrected chi connectivity index (χ0v) is 9.77. The van der Waals surface area contributed by atoms with Crippen LogP contribution in [-0.4, -0.2) is 24.2 Å². The average molecular weight is 248 g/mol. The van der Waals surface area contributed by atoms with Gasteiger partial charge < -0.3 is 10.0 Å². The highest BCUT2D eigenvalue weighted by atomic mass is 19.1. The molecular weight excluding hydrogens is 235 g/mol. The highest BCUT2D eigenvalue weighted by Crippen LogP contribution is 2.26. The molecule has 0 radical (unpaired) electrons. The molecule has 0 unspecified atom stereocenters. The van der Waals surface area contributed by atoms with Crippen LogP contribution >= 0.6 is 0 Å². The number of piperidine rings is 1. The Bertz CT molecular complexity index is 502. The second-order valence-corrected chi connectivity index (χ2v) is 4.36. The predicted molar refractivity (Wildman–Crippen MR) is 63.9 cm³/mol. The Morgan fingerprint density at radius 3 is 2.61 bits per heavy atom. The number of rotatable bonds is 2. The van der Waals surface area contributed by atoms with Gasteiger partial charge in [0.15, 0.2) is 0 Å². The third kappa shape index (κ3) is 2.43. The van der Waals surface area contributed by atoms with Crippen LogP contribution in [0, 0.1) is 23.1 Å². The molecule has 18 heavy (non-hydrogen) atoms. The maximum atomic E-state index is 13.8. The molecule has 1 aromatic carbocycles. The number of hydrogen-bond acceptors (Lipinski definition) is 3. The molecule has 1 aromatic rings. The van der Waals surface area contributed by atoms with Crippen LogP contribution in [0.4, 0.5) is 10.1 Å². The highest BCUT2D eigenvalue weighted by Gasteiger charge is 2.21. The van der Waals surface area contributed by atoms with E-state index in [1.165, 1.54) is 12.1 Å². The van der Waals surface area contributed by atoms with Crippen molar-refractivity contribution in [3.63, 3.8) is 0 Å². The van der Waals surface area contributed by atoms with Crippen molar-refractivity contribution in [1.82, 2.24) is 0 Å². The van der Waals surface area contributed by atoms with Gasteiger partial charge in [-0.15, -0.1) is 0 Å². The van der Waals surface area contributed by atoms with Crippen molar-refractivity contribution in [1.29, 1.82) is 5.26 Å². The van der Waals surface area contributed by atoms with E-state index in [-0.39, 0.29) is 11.5 Å². The Kier molecular flexibility index (Phi) is 3.47. The summed E-state index contributed by atoms with van der Waals surface area (Å²) in [6, 6.07) is 6.14. The summed E-state index contributed by atoms with van der Waals surface area (Å²) in [7, 11) is 0. The van der Waals surface area contributed by atoms with Gasteiger partial charge in [-0.3, -0.25) is 0 Å². The monoisotopic (exact) mass is 248 g/mol. The molecule has 94 valence electrons. The first-order valence-electron chi connectivity index (χ1n) is 5.79. The number of carboxylic acids is 1. The van der Waals surface area contributed by atoms with E-state index in [0.29, 0.717) is 18.8 Å². The van der Waals surface area contributed by atoms with E-state index >= 15 is 0 Å². The summed E-state index contributed by atoms with van der Waals surface area (Å²) in [4.78, 5) is 12.6. The van der Waals surface area contributed by atoms with Gasteiger partial charge in [0.05, 0.1) is 17.3 Å². The minimum Gasteiger partial charge on any atom is -0.478 e. The van der Waals surface area contributed by atoms with Gasteiger partial charge in [-0.25, -0.2) is 9.18 Å².